The van der Waals surface area contributed by atoms with Crippen LogP contribution in [0.4, 0.5) is 11.4 Å². The van der Waals surface area contributed by atoms with Gasteiger partial charge in [-0.3, -0.25) is 4.79 Å². The Hall–Kier alpha value is -4.02. The Balaban J connectivity index is 1.59. The van der Waals surface area contributed by atoms with Gasteiger partial charge in [0.15, 0.2) is 0 Å². The van der Waals surface area contributed by atoms with Crippen molar-refractivity contribution in [2.75, 3.05) is 36.6 Å². The van der Waals surface area contributed by atoms with E-state index in [4.69, 9.17) is 9.47 Å². The third-order valence-electron chi connectivity index (χ3n) is 6.16. The summed E-state index contributed by atoms with van der Waals surface area (Å²) < 4.78 is 11.4. The number of fused-ring (bicyclic) bond motifs is 1. The van der Waals surface area contributed by atoms with Gasteiger partial charge in [-0.25, -0.2) is 0 Å². The van der Waals surface area contributed by atoms with Gasteiger partial charge in [0.1, 0.15) is 23.7 Å². The topological polar surface area (TPSA) is 94.8 Å². The number of hydrogen-bond acceptors (Lipinski definition) is 6. The van der Waals surface area contributed by atoms with Crippen LogP contribution < -0.4 is 15.0 Å². The fourth-order valence-electron chi connectivity index (χ4n) is 4.30. The molecule has 1 unspecified atom stereocenters. The van der Waals surface area contributed by atoms with Gasteiger partial charge in [-0.2, -0.15) is 5.26 Å². The lowest BCUT2D eigenvalue weighted by molar-refractivity contribution is 0.0983. The molecule has 0 bridgehead atoms. The fraction of sp³-hybridized carbons (Fsp3) is 0.286. The Morgan fingerprint density at radius 1 is 1.40 bits per heavy atom. The molecule has 2 aliphatic heterocycles. The predicted molar refractivity (Wildman–Crippen MR) is 136 cm³/mol. The molecule has 0 aromatic heterocycles. The van der Waals surface area contributed by atoms with Crippen LogP contribution in [0, 0.1) is 11.3 Å². The molecule has 1 fully saturated rings. The number of phenols is 1. The number of anilines is 2. The summed E-state index contributed by atoms with van der Waals surface area (Å²) in [6, 6.07) is 11.1. The molecule has 0 aliphatic carbocycles. The average molecular weight is 472 g/mol. The van der Waals surface area contributed by atoms with Gasteiger partial charge >= 0.3 is 0 Å². The van der Waals surface area contributed by atoms with Crippen LogP contribution in [0.1, 0.15) is 34.8 Å². The van der Waals surface area contributed by atoms with E-state index in [-0.39, 0.29) is 35.1 Å². The number of benzene rings is 2. The Morgan fingerprint density at radius 3 is 2.97 bits per heavy atom. The summed E-state index contributed by atoms with van der Waals surface area (Å²) in [5.41, 5.74) is 4.00. The van der Waals surface area contributed by atoms with Gasteiger partial charge in [-0.1, -0.05) is 30.9 Å². The number of ether oxygens (including phenoxy) is 2. The SMILES string of the molecule is C=C/C=C\C(=C/C)COc1cc(C#N)cc(O)c1C(=O)N1CCc2cc(NC3CCOC3)ccc21. The maximum Gasteiger partial charge on any atom is 0.265 e. The number of rotatable bonds is 8. The first kappa shape index (κ1) is 24.1. The molecule has 7 nitrogen and oxygen atoms in total. The van der Waals surface area contributed by atoms with E-state index in [1.54, 1.807) is 17.1 Å². The normalized spacial score (nSPS) is 17.3. The van der Waals surface area contributed by atoms with Gasteiger partial charge in [-0.05, 0) is 61.2 Å². The first-order valence-corrected chi connectivity index (χ1v) is 11.7. The lowest BCUT2D eigenvalue weighted by atomic mass is 10.1. The monoisotopic (exact) mass is 471 g/mol. The van der Waals surface area contributed by atoms with Crippen molar-refractivity contribution in [3.63, 3.8) is 0 Å². The first-order valence-electron chi connectivity index (χ1n) is 11.7. The minimum absolute atomic E-state index is 0.0466. The quantitative estimate of drug-likeness (QED) is 0.541. The zero-order chi connectivity index (χ0) is 24.8. The summed E-state index contributed by atoms with van der Waals surface area (Å²) in [7, 11) is 0. The number of allylic oxidation sites excluding steroid dienone is 3. The smallest absolute Gasteiger partial charge is 0.265 e. The number of nitrogens with zero attached hydrogens (tertiary/aromatic N) is 2. The molecule has 180 valence electrons. The lowest BCUT2D eigenvalue weighted by Gasteiger charge is -2.21. The molecule has 1 amide bonds. The molecule has 2 heterocycles. The number of aromatic hydroxyl groups is 1. The molecule has 2 aromatic rings. The number of nitrogens with one attached hydrogen (secondary N) is 1. The van der Waals surface area contributed by atoms with Crippen LogP contribution in [-0.2, 0) is 11.2 Å². The van der Waals surface area contributed by atoms with Crippen molar-refractivity contribution < 1.29 is 19.4 Å². The molecular weight excluding hydrogens is 442 g/mol. The van der Waals surface area contributed by atoms with Crippen molar-refractivity contribution in [3.8, 4) is 17.6 Å². The Kier molecular flexibility index (Phi) is 7.54. The van der Waals surface area contributed by atoms with Gasteiger partial charge in [0.05, 0.1) is 24.3 Å². The van der Waals surface area contributed by atoms with Crippen molar-refractivity contribution in [2.45, 2.75) is 25.8 Å². The third kappa shape index (κ3) is 5.39. The highest BCUT2D eigenvalue weighted by molar-refractivity contribution is 6.11. The molecule has 2 N–H and O–H groups in total. The largest absolute Gasteiger partial charge is 0.507 e. The second kappa shape index (κ2) is 10.9. The first-order chi connectivity index (χ1) is 17.0. The second-order valence-corrected chi connectivity index (χ2v) is 8.48. The van der Waals surface area contributed by atoms with Crippen LogP contribution in [0.2, 0.25) is 0 Å². The third-order valence-corrected chi connectivity index (χ3v) is 6.16. The van der Waals surface area contributed by atoms with Crippen molar-refractivity contribution in [2.24, 2.45) is 0 Å². The second-order valence-electron chi connectivity index (χ2n) is 8.48. The Labute approximate surface area is 205 Å². The van der Waals surface area contributed by atoms with Gasteiger partial charge in [-0.15, -0.1) is 0 Å². The molecule has 2 aliphatic rings. The van der Waals surface area contributed by atoms with Crippen LogP contribution in [0.25, 0.3) is 0 Å². The van der Waals surface area contributed by atoms with E-state index in [1.165, 1.54) is 12.1 Å². The molecule has 4 rings (SSSR count). The van der Waals surface area contributed by atoms with Crippen LogP contribution in [0.5, 0.6) is 11.5 Å². The highest BCUT2D eigenvalue weighted by Gasteiger charge is 2.30. The van der Waals surface area contributed by atoms with Crippen LogP contribution in [0.15, 0.2) is 66.8 Å². The minimum atomic E-state index is -0.366. The van der Waals surface area contributed by atoms with Gasteiger partial charge in [0, 0.05) is 24.5 Å². The molecule has 0 saturated carbocycles. The average Bonchev–Trinajstić information content (AvgIpc) is 3.53. The van der Waals surface area contributed by atoms with Crippen molar-refractivity contribution in [1.82, 2.24) is 0 Å². The lowest BCUT2D eigenvalue weighted by Crippen LogP contribution is -2.29. The maximum atomic E-state index is 13.6. The summed E-state index contributed by atoms with van der Waals surface area (Å²) in [4.78, 5) is 15.3. The molecule has 7 heteroatoms. The van der Waals surface area contributed by atoms with Crippen molar-refractivity contribution in [1.29, 1.82) is 5.26 Å². The molecule has 1 saturated heterocycles. The predicted octanol–water partition coefficient (Wildman–Crippen LogP) is 4.73. The molecule has 2 aromatic carbocycles. The molecular formula is C28H29N3O4. The van der Waals surface area contributed by atoms with Gasteiger partial charge in [0.2, 0.25) is 0 Å². The number of carbonyl (C=O) groups excluding carboxylic acids is 1. The minimum Gasteiger partial charge on any atom is -0.507 e. The van der Waals surface area contributed by atoms with E-state index in [2.05, 4.69) is 18.0 Å². The summed E-state index contributed by atoms with van der Waals surface area (Å²) in [5.74, 6) is -0.471. The van der Waals surface area contributed by atoms with E-state index in [9.17, 15) is 15.2 Å². The molecule has 0 radical (unpaired) electrons. The van der Waals surface area contributed by atoms with E-state index in [0.717, 1.165) is 35.5 Å². The Bertz CT molecular complexity index is 1220. The summed E-state index contributed by atoms with van der Waals surface area (Å²) in [6.07, 6.45) is 8.87. The maximum absolute atomic E-state index is 13.6. The van der Waals surface area contributed by atoms with Crippen LogP contribution >= 0.6 is 0 Å². The number of amides is 1. The number of carbonyl (C=O) groups is 1. The Morgan fingerprint density at radius 2 is 2.26 bits per heavy atom. The summed E-state index contributed by atoms with van der Waals surface area (Å²) >= 11 is 0. The summed E-state index contributed by atoms with van der Waals surface area (Å²) in [5, 5.41) is 23.6. The van der Waals surface area contributed by atoms with Gasteiger partial charge in [0.25, 0.3) is 5.91 Å². The zero-order valence-electron chi connectivity index (χ0n) is 19.8. The van der Waals surface area contributed by atoms with Crippen molar-refractivity contribution in [3.05, 3.63) is 83.5 Å². The molecule has 35 heavy (non-hydrogen) atoms. The number of phenolic OH excluding ortho intramolecular Hbond substituents is 1. The summed E-state index contributed by atoms with van der Waals surface area (Å²) in [6.45, 7) is 7.67. The number of nitriles is 1. The fourth-order valence-corrected chi connectivity index (χ4v) is 4.30. The van der Waals surface area contributed by atoms with E-state index >= 15 is 0 Å². The van der Waals surface area contributed by atoms with E-state index < -0.39 is 0 Å². The molecule has 0 spiro atoms. The molecule has 1 atom stereocenters. The van der Waals surface area contributed by atoms with Crippen LogP contribution in [-0.4, -0.2) is 43.4 Å². The highest BCUT2D eigenvalue weighted by Crippen LogP contribution is 2.37. The van der Waals surface area contributed by atoms with Crippen LogP contribution in [0.3, 0.4) is 0 Å². The van der Waals surface area contributed by atoms with E-state index in [1.807, 2.05) is 37.3 Å². The van der Waals surface area contributed by atoms with Crippen molar-refractivity contribution >= 4 is 17.3 Å². The highest BCUT2D eigenvalue weighted by atomic mass is 16.5. The van der Waals surface area contributed by atoms with Gasteiger partial charge < -0.3 is 24.8 Å². The van der Waals surface area contributed by atoms with E-state index in [0.29, 0.717) is 25.6 Å². The standard InChI is InChI=1S/C28H29N3O4/c1-3-5-6-19(4-2)17-35-26-14-20(16-29)13-25(32)27(26)28(33)31-11-9-21-15-22(7-8-24(21)31)30-23-10-12-34-18-23/h3-8,13-15,23,30,32H,1,9-12,17-18H2,2H3/b6-5-,19-4+. The number of hydrogen-bond donors (Lipinski definition) is 2. The zero-order valence-corrected chi connectivity index (χ0v) is 19.8.